The average Bonchev–Trinajstić information content (AvgIpc) is 2.71. The average molecular weight is 380 g/mol. The number of hydrogen-bond acceptors (Lipinski definition) is 3. The van der Waals surface area contributed by atoms with Crippen molar-refractivity contribution in [3.05, 3.63) is 54.8 Å². The molecule has 1 unspecified atom stereocenters. The zero-order chi connectivity index (χ0) is 12.4. The van der Waals surface area contributed by atoms with E-state index in [9.17, 15) is 4.39 Å². The van der Waals surface area contributed by atoms with Crippen molar-refractivity contribution in [3.8, 4) is 0 Å². The van der Waals surface area contributed by atoms with Gasteiger partial charge < -0.3 is 0 Å². The van der Waals surface area contributed by atoms with E-state index in [0.717, 1.165) is 15.6 Å². The smallest absolute Gasteiger partial charge is 0.137 e. The Morgan fingerprint density at radius 1 is 1.24 bits per heavy atom. The zero-order valence-electron chi connectivity index (χ0n) is 8.58. The van der Waals surface area contributed by atoms with Gasteiger partial charge in [-0.2, -0.15) is 11.3 Å². The maximum absolute atomic E-state index is 13.2. The van der Waals surface area contributed by atoms with Crippen LogP contribution in [0.4, 0.5) is 4.39 Å². The van der Waals surface area contributed by atoms with Crippen LogP contribution in [0.25, 0.3) is 0 Å². The van der Waals surface area contributed by atoms with Gasteiger partial charge in [-0.3, -0.25) is 5.84 Å². The normalized spacial score (nSPS) is 12.7. The Balaban J connectivity index is 2.42. The Hall–Kier alpha value is -0.270. The third-order valence-electron chi connectivity index (χ3n) is 2.40. The quantitative estimate of drug-likeness (QED) is 0.625. The Morgan fingerprint density at radius 2 is 2.00 bits per heavy atom. The van der Waals surface area contributed by atoms with Crippen LogP contribution in [0.5, 0.6) is 0 Å². The van der Waals surface area contributed by atoms with E-state index < -0.39 is 0 Å². The minimum Gasteiger partial charge on any atom is -0.271 e. The molecule has 2 rings (SSSR count). The number of hydrogen-bond donors (Lipinski definition) is 2. The van der Waals surface area contributed by atoms with Crippen molar-refractivity contribution >= 4 is 43.2 Å². The molecule has 0 aliphatic heterocycles. The monoisotopic (exact) mass is 378 g/mol. The SMILES string of the molecule is NNC(c1ccc(F)c(Br)c1)c1cscc1Br. The molecule has 2 aromatic rings. The lowest BCUT2D eigenvalue weighted by Gasteiger charge is -2.16. The fourth-order valence-electron chi connectivity index (χ4n) is 1.55. The third-order valence-corrected chi connectivity index (χ3v) is 4.76. The van der Waals surface area contributed by atoms with Gasteiger partial charge in [0.05, 0.1) is 10.5 Å². The number of benzene rings is 1. The molecular weight excluding hydrogens is 371 g/mol. The van der Waals surface area contributed by atoms with Crippen molar-refractivity contribution in [2.24, 2.45) is 5.84 Å². The fraction of sp³-hybridized carbons (Fsp3) is 0.0909. The van der Waals surface area contributed by atoms with E-state index in [0.29, 0.717) is 4.47 Å². The number of hydrazine groups is 1. The van der Waals surface area contributed by atoms with Gasteiger partial charge in [-0.1, -0.05) is 6.07 Å². The van der Waals surface area contributed by atoms with Crippen LogP contribution in [0.2, 0.25) is 0 Å². The van der Waals surface area contributed by atoms with Gasteiger partial charge in [0, 0.05) is 9.85 Å². The van der Waals surface area contributed by atoms with Crippen molar-refractivity contribution in [1.82, 2.24) is 5.43 Å². The van der Waals surface area contributed by atoms with Crippen molar-refractivity contribution in [1.29, 1.82) is 0 Å². The molecule has 0 fully saturated rings. The largest absolute Gasteiger partial charge is 0.271 e. The van der Waals surface area contributed by atoms with E-state index >= 15 is 0 Å². The zero-order valence-corrected chi connectivity index (χ0v) is 12.6. The lowest BCUT2D eigenvalue weighted by atomic mass is 10.0. The summed E-state index contributed by atoms with van der Waals surface area (Å²) >= 11 is 8.22. The maximum atomic E-state index is 13.2. The van der Waals surface area contributed by atoms with E-state index in [1.807, 2.05) is 10.8 Å². The van der Waals surface area contributed by atoms with Crippen molar-refractivity contribution in [2.45, 2.75) is 6.04 Å². The molecule has 0 aliphatic carbocycles. The molecule has 0 saturated carbocycles. The summed E-state index contributed by atoms with van der Waals surface area (Å²) in [5.74, 6) is 5.29. The fourth-order valence-corrected chi connectivity index (χ4v) is 3.50. The molecule has 0 spiro atoms. The molecule has 6 heteroatoms. The molecular formula is C11H9Br2FN2S. The molecule has 3 N–H and O–H groups in total. The molecule has 17 heavy (non-hydrogen) atoms. The summed E-state index contributed by atoms with van der Waals surface area (Å²) in [5.41, 5.74) is 4.68. The van der Waals surface area contributed by atoms with E-state index in [2.05, 4.69) is 37.3 Å². The van der Waals surface area contributed by atoms with Crippen LogP contribution in [0, 0.1) is 5.82 Å². The molecule has 1 atom stereocenters. The second-order valence-electron chi connectivity index (χ2n) is 3.45. The first-order valence-corrected chi connectivity index (χ1v) is 7.29. The van der Waals surface area contributed by atoms with Crippen LogP contribution in [-0.2, 0) is 0 Å². The van der Waals surface area contributed by atoms with Crippen LogP contribution in [0.3, 0.4) is 0 Å². The molecule has 0 amide bonds. The highest BCUT2D eigenvalue weighted by atomic mass is 79.9. The summed E-state index contributed by atoms with van der Waals surface area (Å²) in [6, 6.07) is 4.70. The minimum atomic E-state index is -0.283. The van der Waals surface area contributed by atoms with Gasteiger partial charge >= 0.3 is 0 Å². The van der Waals surface area contributed by atoms with Crippen molar-refractivity contribution in [3.63, 3.8) is 0 Å². The third kappa shape index (κ3) is 2.77. The van der Waals surface area contributed by atoms with Gasteiger partial charge in [-0.15, -0.1) is 0 Å². The van der Waals surface area contributed by atoms with Crippen molar-refractivity contribution < 1.29 is 4.39 Å². The summed E-state index contributed by atoms with van der Waals surface area (Å²) < 4.78 is 14.6. The summed E-state index contributed by atoms with van der Waals surface area (Å²) in [6.45, 7) is 0. The first kappa shape index (κ1) is 13.2. The van der Waals surface area contributed by atoms with Gasteiger partial charge in [-0.25, -0.2) is 9.82 Å². The molecule has 90 valence electrons. The lowest BCUT2D eigenvalue weighted by Crippen LogP contribution is -2.28. The van der Waals surface area contributed by atoms with Crippen LogP contribution in [-0.4, -0.2) is 0 Å². The Bertz CT molecular complexity index is 530. The second kappa shape index (κ2) is 5.58. The summed E-state index contributed by atoms with van der Waals surface area (Å²) in [4.78, 5) is 0. The van der Waals surface area contributed by atoms with Crippen LogP contribution in [0.15, 0.2) is 37.9 Å². The summed E-state index contributed by atoms with van der Waals surface area (Å²) in [6.07, 6.45) is 0. The molecule has 0 aliphatic rings. The standard InChI is InChI=1S/C11H9Br2FN2S/c12-8-3-6(1-2-10(8)14)11(16-15)7-4-17-5-9(7)13/h1-5,11,16H,15H2. The Labute approximate surface area is 119 Å². The van der Waals surface area contributed by atoms with Crippen LogP contribution < -0.4 is 11.3 Å². The molecule has 1 aromatic heterocycles. The first-order valence-electron chi connectivity index (χ1n) is 4.76. The number of nitrogens with one attached hydrogen (secondary N) is 1. The van der Waals surface area contributed by atoms with Crippen molar-refractivity contribution in [2.75, 3.05) is 0 Å². The van der Waals surface area contributed by atoms with Gasteiger partial charge in [0.2, 0.25) is 0 Å². The topological polar surface area (TPSA) is 38.0 Å². The van der Waals surface area contributed by atoms with Crippen LogP contribution >= 0.6 is 43.2 Å². The van der Waals surface area contributed by atoms with Gasteiger partial charge in [0.1, 0.15) is 5.82 Å². The Kier molecular flexibility index (Phi) is 4.32. The second-order valence-corrected chi connectivity index (χ2v) is 5.90. The molecule has 2 nitrogen and oxygen atoms in total. The number of rotatable bonds is 3. The number of halogens is 3. The summed E-state index contributed by atoms with van der Waals surface area (Å²) in [5, 5.41) is 3.99. The number of nitrogens with two attached hydrogens (primary N) is 1. The van der Waals surface area contributed by atoms with E-state index in [1.54, 1.807) is 23.5 Å². The van der Waals surface area contributed by atoms with Gasteiger partial charge in [0.25, 0.3) is 0 Å². The highest BCUT2D eigenvalue weighted by Gasteiger charge is 2.17. The first-order chi connectivity index (χ1) is 8.13. The molecule has 0 bridgehead atoms. The van der Waals surface area contributed by atoms with E-state index in [-0.39, 0.29) is 11.9 Å². The van der Waals surface area contributed by atoms with Gasteiger partial charge in [-0.05, 0) is 60.5 Å². The molecule has 0 radical (unpaired) electrons. The molecule has 1 heterocycles. The number of thiophene rings is 1. The summed E-state index contributed by atoms with van der Waals surface area (Å²) in [7, 11) is 0. The lowest BCUT2D eigenvalue weighted by molar-refractivity contribution is 0.610. The van der Waals surface area contributed by atoms with E-state index in [4.69, 9.17) is 5.84 Å². The molecule has 1 aromatic carbocycles. The molecule has 0 saturated heterocycles. The highest BCUT2D eigenvalue weighted by Crippen LogP contribution is 2.32. The maximum Gasteiger partial charge on any atom is 0.137 e. The predicted molar refractivity (Wildman–Crippen MR) is 75.3 cm³/mol. The Morgan fingerprint density at radius 3 is 2.53 bits per heavy atom. The van der Waals surface area contributed by atoms with Gasteiger partial charge in [0.15, 0.2) is 0 Å². The highest BCUT2D eigenvalue weighted by molar-refractivity contribution is 9.10. The predicted octanol–water partition coefficient (Wildman–Crippen LogP) is 3.96. The van der Waals surface area contributed by atoms with E-state index in [1.165, 1.54) is 6.07 Å². The van der Waals surface area contributed by atoms with Crippen LogP contribution in [0.1, 0.15) is 17.2 Å². The minimum absolute atomic E-state index is 0.160.